The zero-order chi connectivity index (χ0) is 14.0. The third-order valence-corrected chi connectivity index (χ3v) is 4.99. The first kappa shape index (κ1) is 14.4. The number of thioether (sulfide) groups is 1. The molecule has 0 aliphatic carbocycles. The van der Waals surface area contributed by atoms with Gasteiger partial charge in [0, 0.05) is 28.1 Å². The molecular weight excluding hydrogens is 330 g/mol. The molecule has 2 rings (SSSR count). The van der Waals surface area contributed by atoms with Crippen LogP contribution in [-0.2, 0) is 4.79 Å². The summed E-state index contributed by atoms with van der Waals surface area (Å²) >= 11 is 4.96. The Kier molecular flexibility index (Phi) is 4.52. The van der Waals surface area contributed by atoms with Crippen molar-refractivity contribution in [3.8, 4) is 0 Å². The van der Waals surface area contributed by atoms with Crippen molar-refractivity contribution in [3.63, 3.8) is 0 Å². The Bertz CT molecular complexity index is 521. The fraction of sp³-hybridized carbons (Fsp3) is 0.385. The lowest BCUT2D eigenvalue weighted by molar-refractivity contribution is -0.141. The Hall–Kier alpha value is -1.01. The van der Waals surface area contributed by atoms with Crippen molar-refractivity contribution in [2.24, 2.45) is 0 Å². The van der Waals surface area contributed by atoms with Gasteiger partial charge in [-0.25, -0.2) is 4.79 Å². The molecule has 6 heteroatoms. The number of hydrogen-bond donors (Lipinski definition) is 1. The zero-order valence-electron chi connectivity index (χ0n) is 10.4. The Labute approximate surface area is 124 Å². The van der Waals surface area contributed by atoms with Crippen molar-refractivity contribution in [2.75, 3.05) is 18.1 Å². The van der Waals surface area contributed by atoms with Crippen LogP contribution in [0.25, 0.3) is 0 Å². The fourth-order valence-electron chi connectivity index (χ4n) is 1.99. The summed E-state index contributed by atoms with van der Waals surface area (Å²) in [5.41, 5.74) is 1.50. The highest BCUT2D eigenvalue weighted by Gasteiger charge is 2.32. The van der Waals surface area contributed by atoms with Gasteiger partial charge in [-0.3, -0.25) is 4.79 Å². The third-order valence-electron chi connectivity index (χ3n) is 3.08. The predicted molar refractivity (Wildman–Crippen MR) is 78.7 cm³/mol. The Morgan fingerprint density at radius 3 is 2.84 bits per heavy atom. The van der Waals surface area contributed by atoms with Crippen LogP contribution in [0.5, 0.6) is 0 Å². The number of carboxylic acids is 1. The first-order valence-electron chi connectivity index (χ1n) is 5.88. The molecule has 4 nitrogen and oxygen atoms in total. The molecule has 0 radical (unpaired) electrons. The van der Waals surface area contributed by atoms with Crippen LogP contribution in [0.1, 0.15) is 15.9 Å². The fourth-order valence-corrected chi connectivity index (χ4v) is 3.28. The molecule has 1 atom stereocenters. The molecule has 1 N–H and O–H groups in total. The smallest absolute Gasteiger partial charge is 0.327 e. The van der Waals surface area contributed by atoms with E-state index in [1.54, 1.807) is 23.9 Å². The molecule has 1 aliphatic rings. The number of aryl methyl sites for hydroxylation is 1. The third kappa shape index (κ3) is 3.12. The van der Waals surface area contributed by atoms with Crippen LogP contribution in [-0.4, -0.2) is 46.0 Å². The van der Waals surface area contributed by atoms with Crippen molar-refractivity contribution in [2.45, 2.75) is 13.0 Å². The van der Waals surface area contributed by atoms with E-state index in [-0.39, 0.29) is 5.91 Å². The molecule has 1 aromatic rings. The summed E-state index contributed by atoms with van der Waals surface area (Å²) < 4.78 is 0.938. The second-order valence-corrected chi connectivity index (χ2v) is 6.40. The highest BCUT2D eigenvalue weighted by Crippen LogP contribution is 2.22. The average molecular weight is 344 g/mol. The predicted octanol–water partition coefficient (Wildman–Crippen LogP) is 2.40. The van der Waals surface area contributed by atoms with Gasteiger partial charge in [-0.1, -0.05) is 15.9 Å². The normalized spacial score (nSPS) is 19.3. The number of carbonyl (C=O) groups is 2. The lowest BCUT2D eigenvalue weighted by atomic mass is 10.1. The molecule has 0 spiro atoms. The highest BCUT2D eigenvalue weighted by atomic mass is 79.9. The zero-order valence-corrected chi connectivity index (χ0v) is 12.8. The van der Waals surface area contributed by atoms with Gasteiger partial charge in [-0.2, -0.15) is 11.8 Å². The van der Waals surface area contributed by atoms with E-state index in [4.69, 9.17) is 0 Å². The number of carboxylic acid groups (broad SMARTS) is 1. The molecule has 1 aromatic carbocycles. The van der Waals surface area contributed by atoms with E-state index in [0.29, 0.717) is 17.9 Å². The molecule has 0 saturated carbocycles. The molecule has 0 aromatic heterocycles. The maximum Gasteiger partial charge on any atom is 0.327 e. The van der Waals surface area contributed by atoms with Gasteiger partial charge in [-0.15, -0.1) is 0 Å². The van der Waals surface area contributed by atoms with Crippen LogP contribution in [0.4, 0.5) is 0 Å². The molecule has 1 aliphatic heterocycles. The van der Waals surface area contributed by atoms with Crippen molar-refractivity contribution in [1.82, 2.24) is 4.90 Å². The Morgan fingerprint density at radius 1 is 1.47 bits per heavy atom. The SMILES string of the molecule is Cc1cc(C(=O)N2CCSCC2C(=O)O)ccc1Br. The molecule has 0 bridgehead atoms. The Morgan fingerprint density at radius 2 is 2.21 bits per heavy atom. The molecule has 1 fully saturated rings. The van der Waals surface area contributed by atoms with Crippen LogP contribution in [0, 0.1) is 6.92 Å². The number of benzene rings is 1. The van der Waals surface area contributed by atoms with Gasteiger partial charge < -0.3 is 10.0 Å². The number of nitrogens with zero attached hydrogens (tertiary/aromatic N) is 1. The number of amides is 1. The lowest BCUT2D eigenvalue weighted by Crippen LogP contribution is -2.50. The minimum Gasteiger partial charge on any atom is -0.480 e. The van der Waals surface area contributed by atoms with Gasteiger partial charge >= 0.3 is 5.97 Å². The van der Waals surface area contributed by atoms with E-state index < -0.39 is 12.0 Å². The number of carbonyl (C=O) groups excluding carboxylic acids is 1. The second-order valence-electron chi connectivity index (χ2n) is 4.39. The average Bonchev–Trinajstić information content (AvgIpc) is 2.41. The van der Waals surface area contributed by atoms with Crippen LogP contribution < -0.4 is 0 Å². The molecule has 1 heterocycles. The minimum atomic E-state index is -0.936. The maximum atomic E-state index is 12.4. The highest BCUT2D eigenvalue weighted by molar-refractivity contribution is 9.10. The summed E-state index contributed by atoms with van der Waals surface area (Å²) in [5, 5.41) is 9.19. The molecule has 1 unspecified atom stereocenters. The molecular formula is C13H14BrNO3S. The van der Waals surface area contributed by atoms with Crippen LogP contribution in [0.15, 0.2) is 22.7 Å². The molecule has 1 saturated heterocycles. The summed E-state index contributed by atoms with van der Waals surface area (Å²) in [5.74, 6) is 0.0967. The number of hydrogen-bond acceptors (Lipinski definition) is 3. The van der Waals surface area contributed by atoms with Crippen molar-refractivity contribution < 1.29 is 14.7 Å². The quantitative estimate of drug-likeness (QED) is 0.895. The number of rotatable bonds is 2. The molecule has 19 heavy (non-hydrogen) atoms. The van der Waals surface area contributed by atoms with E-state index in [1.807, 2.05) is 13.0 Å². The van der Waals surface area contributed by atoms with Gasteiger partial charge in [0.15, 0.2) is 0 Å². The summed E-state index contributed by atoms with van der Waals surface area (Å²) in [6.07, 6.45) is 0. The number of aliphatic carboxylic acids is 1. The van der Waals surface area contributed by atoms with Gasteiger partial charge in [0.1, 0.15) is 6.04 Å². The van der Waals surface area contributed by atoms with Crippen molar-refractivity contribution >= 4 is 39.6 Å². The summed E-state index contributed by atoms with van der Waals surface area (Å²) in [6.45, 7) is 2.39. The topological polar surface area (TPSA) is 57.6 Å². The van der Waals surface area contributed by atoms with Gasteiger partial charge in [0.05, 0.1) is 0 Å². The minimum absolute atomic E-state index is 0.205. The largest absolute Gasteiger partial charge is 0.480 e. The van der Waals surface area contributed by atoms with Gasteiger partial charge in [-0.05, 0) is 30.7 Å². The van der Waals surface area contributed by atoms with E-state index in [0.717, 1.165) is 15.8 Å². The molecule has 102 valence electrons. The van der Waals surface area contributed by atoms with Crippen LogP contribution in [0.3, 0.4) is 0 Å². The van der Waals surface area contributed by atoms with Crippen molar-refractivity contribution in [1.29, 1.82) is 0 Å². The van der Waals surface area contributed by atoms with Gasteiger partial charge in [0.25, 0.3) is 5.91 Å². The van der Waals surface area contributed by atoms with Crippen molar-refractivity contribution in [3.05, 3.63) is 33.8 Å². The van der Waals surface area contributed by atoms with E-state index in [2.05, 4.69) is 15.9 Å². The maximum absolute atomic E-state index is 12.4. The number of halogens is 1. The standard InChI is InChI=1S/C13H14BrNO3S/c1-8-6-9(2-3-10(8)14)12(16)15-4-5-19-7-11(15)13(17)18/h2-3,6,11H,4-5,7H2,1H3,(H,17,18). The first-order valence-corrected chi connectivity index (χ1v) is 7.83. The Balaban J connectivity index is 2.26. The second kappa shape index (κ2) is 5.96. The van der Waals surface area contributed by atoms with Gasteiger partial charge in [0.2, 0.25) is 0 Å². The summed E-state index contributed by atoms with van der Waals surface area (Å²) in [4.78, 5) is 25.1. The summed E-state index contributed by atoms with van der Waals surface area (Å²) in [6, 6.07) is 4.60. The van der Waals surface area contributed by atoms with E-state index in [1.165, 1.54) is 4.90 Å². The van der Waals surface area contributed by atoms with Crippen LogP contribution in [0.2, 0.25) is 0 Å². The lowest BCUT2D eigenvalue weighted by Gasteiger charge is -2.32. The summed E-state index contributed by atoms with van der Waals surface area (Å²) in [7, 11) is 0. The van der Waals surface area contributed by atoms with Crippen LogP contribution >= 0.6 is 27.7 Å². The molecule has 1 amide bonds. The monoisotopic (exact) mass is 343 g/mol. The first-order chi connectivity index (χ1) is 9.00. The van der Waals surface area contributed by atoms with E-state index in [9.17, 15) is 14.7 Å². The van der Waals surface area contributed by atoms with E-state index >= 15 is 0 Å².